The molecule has 1 aromatic heterocycles. The minimum atomic E-state index is -0.322. The maximum atomic E-state index is 13.0. The number of carbonyl (C=O) groups excluding carboxylic acids is 1. The molecule has 0 fully saturated rings. The first-order valence-corrected chi connectivity index (χ1v) is 8.46. The van der Waals surface area contributed by atoms with Gasteiger partial charge in [-0.05, 0) is 41.8 Å². The van der Waals surface area contributed by atoms with E-state index in [4.69, 9.17) is 0 Å². The van der Waals surface area contributed by atoms with Gasteiger partial charge in [0.15, 0.2) is 0 Å². The van der Waals surface area contributed by atoms with Gasteiger partial charge in [0.1, 0.15) is 5.82 Å². The molecule has 0 radical (unpaired) electrons. The van der Waals surface area contributed by atoms with Crippen LogP contribution in [0, 0.1) is 5.82 Å². The maximum Gasteiger partial charge on any atom is 0.259 e. The highest BCUT2D eigenvalue weighted by atomic mass is 19.1. The van der Waals surface area contributed by atoms with E-state index in [1.54, 1.807) is 29.3 Å². The predicted molar refractivity (Wildman–Crippen MR) is 98.0 cm³/mol. The molecule has 0 atom stereocenters. The van der Waals surface area contributed by atoms with E-state index in [1.807, 2.05) is 24.3 Å². The van der Waals surface area contributed by atoms with E-state index in [2.05, 4.69) is 0 Å². The van der Waals surface area contributed by atoms with E-state index >= 15 is 0 Å². The number of nitrogens with zero attached hydrogens (tertiary/aromatic N) is 2. The van der Waals surface area contributed by atoms with E-state index in [1.165, 1.54) is 22.8 Å². The molecule has 5 heteroatoms. The van der Waals surface area contributed by atoms with Crippen LogP contribution in [0.25, 0.3) is 0 Å². The van der Waals surface area contributed by atoms with Crippen molar-refractivity contribution < 1.29 is 9.18 Å². The zero-order valence-corrected chi connectivity index (χ0v) is 14.1. The van der Waals surface area contributed by atoms with Crippen molar-refractivity contribution in [3.63, 3.8) is 0 Å². The molecule has 1 aliphatic heterocycles. The molecule has 0 bridgehead atoms. The zero-order valence-electron chi connectivity index (χ0n) is 14.1. The number of anilines is 1. The predicted octanol–water partition coefficient (Wildman–Crippen LogP) is 3.24. The van der Waals surface area contributed by atoms with Gasteiger partial charge >= 0.3 is 0 Å². The topological polar surface area (TPSA) is 42.3 Å². The second kappa shape index (κ2) is 6.59. The summed E-state index contributed by atoms with van der Waals surface area (Å²) in [7, 11) is 0. The Morgan fingerprint density at radius 1 is 1.00 bits per heavy atom. The number of pyridine rings is 1. The summed E-state index contributed by atoms with van der Waals surface area (Å²) >= 11 is 0. The molecule has 0 unspecified atom stereocenters. The van der Waals surface area contributed by atoms with E-state index in [0.717, 1.165) is 23.2 Å². The lowest BCUT2D eigenvalue weighted by atomic mass is 10.1. The van der Waals surface area contributed by atoms with Crippen LogP contribution in [-0.2, 0) is 13.0 Å². The van der Waals surface area contributed by atoms with Gasteiger partial charge in [0.2, 0.25) is 0 Å². The van der Waals surface area contributed by atoms with Crippen molar-refractivity contribution in [2.45, 2.75) is 13.0 Å². The van der Waals surface area contributed by atoms with Crippen molar-refractivity contribution in [2.75, 3.05) is 11.4 Å². The Labute approximate surface area is 150 Å². The first kappa shape index (κ1) is 16.3. The number of hydrogen-bond acceptors (Lipinski definition) is 2. The van der Waals surface area contributed by atoms with Gasteiger partial charge in [-0.15, -0.1) is 0 Å². The molecule has 4 nitrogen and oxygen atoms in total. The fraction of sp³-hybridized carbons (Fsp3) is 0.143. The van der Waals surface area contributed by atoms with Crippen molar-refractivity contribution in [1.82, 2.24) is 4.57 Å². The van der Waals surface area contributed by atoms with Crippen LogP contribution < -0.4 is 10.5 Å². The molecule has 26 heavy (non-hydrogen) atoms. The number of para-hydroxylation sites is 1. The summed E-state index contributed by atoms with van der Waals surface area (Å²) in [6.45, 7) is 0.923. The van der Waals surface area contributed by atoms with Crippen molar-refractivity contribution in [3.05, 3.63) is 99.7 Å². The molecule has 0 N–H and O–H groups in total. The van der Waals surface area contributed by atoms with Crippen LogP contribution in [0.3, 0.4) is 0 Å². The second-order valence-electron chi connectivity index (χ2n) is 6.35. The summed E-state index contributed by atoms with van der Waals surface area (Å²) in [5, 5.41) is 0. The lowest BCUT2D eigenvalue weighted by Crippen LogP contribution is -2.30. The van der Waals surface area contributed by atoms with Crippen molar-refractivity contribution in [2.24, 2.45) is 0 Å². The number of amides is 1. The molecule has 3 aromatic rings. The van der Waals surface area contributed by atoms with E-state index < -0.39 is 0 Å². The molecule has 1 aliphatic rings. The van der Waals surface area contributed by atoms with E-state index in [-0.39, 0.29) is 23.8 Å². The number of benzene rings is 2. The number of fused-ring (bicyclic) bond motifs is 1. The highest BCUT2D eigenvalue weighted by molar-refractivity contribution is 6.07. The molecule has 0 spiro atoms. The highest BCUT2D eigenvalue weighted by Crippen LogP contribution is 2.28. The first-order chi connectivity index (χ1) is 12.6. The van der Waals surface area contributed by atoms with Crippen LogP contribution in [0.2, 0.25) is 0 Å². The van der Waals surface area contributed by atoms with Gasteiger partial charge in [-0.25, -0.2) is 4.39 Å². The van der Waals surface area contributed by atoms with Gasteiger partial charge in [0, 0.05) is 24.5 Å². The number of halogens is 1. The summed E-state index contributed by atoms with van der Waals surface area (Å²) in [5.74, 6) is -0.444. The van der Waals surface area contributed by atoms with Gasteiger partial charge in [-0.2, -0.15) is 0 Å². The minimum Gasteiger partial charge on any atom is -0.310 e. The summed E-state index contributed by atoms with van der Waals surface area (Å²) < 4.78 is 14.5. The van der Waals surface area contributed by atoms with Gasteiger partial charge < -0.3 is 9.47 Å². The van der Waals surface area contributed by atoms with E-state index in [9.17, 15) is 14.0 Å². The normalized spacial score (nSPS) is 12.9. The summed E-state index contributed by atoms with van der Waals surface area (Å²) in [4.78, 5) is 26.8. The molecular formula is C21H17FN2O2. The number of carbonyl (C=O) groups is 1. The van der Waals surface area contributed by atoms with Crippen molar-refractivity contribution in [1.29, 1.82) is 0 Å². The average molecular weight is 348 g/mol. The average Bonchev–Trinajstić information content (AvgIpc) is 3.09. The quantitative estimate of drug-likeness (QED) is 0.729. The van der Waals surface area contributed by atoms with Crippen LogP contribution in [0.4, 0.5) is 10.1 Å². The SMILES string of the molecule is O=C(c1ccc(=O)n(Cc2ccc(F)cc2)c1)N1CCc2ccccc21. The van der Waals surface area contributed by atoms with Crippen LogP contribution in [0.1, 0.15) is 21.5 Å². The zero-order chi connectivity index (χ0) is 18.1. The minimum absolute atomic E-state index is 0.122. The van der Waals surface area contributed by atoms with Gasteiger partial charge in [0.25, 0.3) is 11.5 Å². The lowest BCUT2D eigenvalue weighted by Gasteiger charge is -2.18. The fourth-order valence-electron chi connectivity index (χ4n) is 3.27. The van der Waals surface area contributed by atoms with Crippen LogP contribution >= 0.6 is 0 Å². The largest absolute Gasteiger partial charge is 0.310 e. The van der Waals surface area contributed by atoms with Gasteiger partial charge in [0.05, 0.1) is 12.1 Å². The third kappa shape index (κ3) is 3.04. The first-order valence-electron chi connectivity index (χ1n) is 8.46. The Morgan fingerprint density at radius 3 is 2.58 bits per heavy atom. The Hall–Kier alpha value is -3.21. The van der Waals surface area contributed by atoms with Crippen LogP contribution in [0.15, 0.2) is 71.7 Å². The summed E-state index contributed by atoms with van der Waals surface area (Å²) in [6.07, 6.45) is 2.41. The third-order valence-electron chi connectivity index (χ3n) is 4.63. The number of hydrogen-bond donors (Lipinski definition) is 0. The third-order valence-corrected chi connectivity index (χ3v) is 4.63. The molecular weight excluding hydrogens is 331 g/mol. The summed E-state index contributed by atoms with van der Waals surface area (Å²) in [5.41, 5.74) is 3.13. The summed E-state index contributed by atoms with van der Waals surface area (Å²) in [6, 6.07) is 16.8. The monoisotopic (exact) mass is 348 g/mol. The van der Waals surface area contributed by atoms with Crippen LogP contribution in [-0.4, -0.2) is 17.0 Å². The maximum absolute atomic E-state index is 13.0. The molecule has 0 saturated heterocycles. The van der Waals surface area contributed by atoms with Crippen molar-refractivity contribution in [3.8, 4) is 0 Å². The Balaban J connectivity index is 1.63. The molecule has 4 rings (SSSR count). The fourth-order valence-corrected chi connectivity index (χ4v) is 3.27. The Kier molecular flexibility index (Phi) is 4.13. The van der Waals surface area contributed by atoms with E-state index in [0.29, 0.717) is 12.1 Å². The van der Waals surface area contributed by atoms with Crippen molar-refractivity contribution >= 4 is 11.6 Å². The molecule has 130 valence electrons. The Morgan fingerprint density at radius 2 is 1.77 bits per heavy atom. The number of rotatable bonds is 3. The smallest absolute Gasteiger partial charge is 0.259 e. The molecule has 0 saturated carbocycles. The second-order valence-corrected chi connectivity index (χ2v) is 6.35. The molecule has 2 aromatic carbocycles. The Bertz CT molecular complexity index is 1020. The lowest BCUT2D eigenvalue weighted by molar-refractivity contribution is 0.0988. The van der Waals surface area contributed by atoms with Gasteiger partial charge in [-0.3, -0.25) is 9.59 Å². The molecule has 2 heterocycles. The van der Waals surface area contributed by atoms with Gasteiger partial charge in [-0.1, -0.05) is 30.3 Å². The standard InChI is InChI=1S/C21H17FN2O2/c22-18-8-5-15(6-9-18)13-23-14-17(7-10-20(23)25)21(26)24-12-11-16-3-1-2-4-19(16)24/h1-10,14H,11-13H2. The number of aromatic nitrogens is 1. The highest BCUT2D eigenvalue weighted by Gasteiger charge is 2.25. The van der Waals surface area contributed by atoms with Crippen LogP contribution in [0.5, 0.6) is 0 Å². The molecule has 1 amide bonds. The molecule has 0 aliphatic carbocycles.